The highest BCUT2D eigenvalue weighted by molar-refractivity contribution is 5.95. The van der Waals surface area contributed by atoms with E-state index >= 15 is 0 Å². The van der Waals surface area contributed by atoms with Gasteiger partial charge in [-0.25, -0.2) is 14.3 Å². The molecule has 0 aliphatic heterocycles. The third-order valence-corrected chi connectivity index (χ3v) is 3.36. The van der Waals surface area contributed by atoms with Crippen molar-refractivity contribution >= 4 is 23.5 Å². The molecule has 1 saturated carbocycles. The van der Waals surface area contributed by atoms with E-state index in [-0.39, 0.29) is 6.04 Å². The van der Waals surface area contributed by atoms with E-state index in [2.05, 4.69) is 25.4 Å². The second-order valence-electron chi connectivity index (χ2n) is 6.54. The van der Waals surface area contributed by atoms with Crippen molar-refractivity contribution in [2.45, 2.75) is 51.7 Å². The maximum Gasteiger partial charge on any atom is 0.434 e. The molecule has 122 valence electrons. The molecule has 2 aromatic rings. The largest absolute Gasteiger partial charge is 0.442 e. The summed E-state index contributed by atoms with van der Waals surface area (Å²) < 4.78 is 6.83. The Hall–Kier alpha value is -2.51. The molecule has 8 heteroatoms. The van der Waals surface area contributed by atoms with Crippen molar-refractivity contribution in [1.82, 2.24) is 19.6 Å². The standard InChI is InChI=1S/C15H20N6O2/c1-15(2,3)23-14(22)18-11-6-5-10(9-11)17-12-19-13-16-7-4-8-21(13)20-12/h4,7-8,10H,5-6,9H2,1-3H3,(H,17,20)/b18-11+/t10-/m0/s1. The van der Waals surface area contributed by atoms with Crippen molar-refractivity contribution < 1.29 is 9.53 Å². The average molecular weight is 316 g/mol. The van der Waals surface area contributed by atoms with E-state index in [1.165, 1.54) is 0 Å². The Balaban J connectivity index is 1.60. The van der Waals surface area contributed by atoms with E-state index in [4.69, 9.17) is 4.74 Å². The zero-order valence-corrected chi connectivity index (χ0v) is 13.5. The van der Waals surface area contributed by atoms with Gasteiger partial charge in [-0.1, -0.05) is 0 Å². The quantitative estimate of drug-likeness (QED) is 0.914. The third-order valence-electron chi connectivity index (χ3n) is 3.36. The van der Waals surface area contributed by atoms with Crippen LogP contribution in [-0.4, -0.2) is 43.0 Å². The number of carbonyl (C=O) groups excluding carboxylic acids is 1. The summed E-state index contributed by atoms with van der Waals surface area (Å²) in [5.41, 5.74) is 0.323. The summed E-state index contributed by atoms with van der Waals surface area (Å²) in [6, 6.07) is 1.96. The highest BCUT2D eigenvalue weighted by Gasteiger charge is 2.24. The number of aliphatic imine (C=N–C) groups is 1. The summed E-state index contributed by atoms with van der Waals surface area (Å²) in [5, 5.41) is 7.58. The van der Waals surface area contributed by atoms with Gasteiger partial charge in [-0.3, -0.25) is 0 Å². The van der Waals surface area contributed by atoms with Crippen molar-refractivity contribution in [2.24, 2.45) is 4.99 Å². The maximum absolute atomic E-state index is 11.7. The first-order chi connectivity index (χ1) is 10.9. The molecule has 0 saturated heterocycles. The Morgan fingerprint density at radius 2 is 2.30 bits per heavy atom. The fourth-order valence-electron chi connectivity index (χ4n) is 2.44. The van der Waals surface area contributed by atoms with Crippen LogP contribution in [-0.2, 0) is 4.74 Å². The van der Waals surface area contributed by atoms with E-state index in [0.717, 1.165) is 18.6 Å². The van der Waals surface area contributed by atoms with Gasteiger partial charge in [0.15, 0.2) is 0 Å². The van der Waals surface area contributed by atoms with Crippen molar-refractivity contribution in [3.05, 3.63) is 18.5 Å². The van der Waals surface area contributed by atoms with Gasteiger partial charge in [0.2, 0.25) is 5.95 Å². The molecule has 1 aliphatic carbocycles. The first-order valence-corrected chi connectivity index (χ1v) is 7.62. The van der Waals surface area contributed by atoms with Gasteiger partial charge < -0.3 is 10.1 Å². The monoisotopic (exact) mass is 316 g/mol. The zero-order chi connectivity index (χ0) is 16.4. The number of hydrogen-bond acceptors (Lipinski definition) is 6. The number of aromatic nitrogens is 4. The maximum atomic E-state index is 11.7. The number of amides is 1. The Bertz CT molecular complexity index is 713. The summed E-state index contributed by atoms with van der Waals surface area (Å²) in [6.45, 7) is 5.48. The van der Waals surface area contributed by atoms with Gasteiger partial charge in [0.1, 0.15) is 5.60 Å². The van der Waals surface area contributed by atoms with Crippen LogP contribution in [0.2, 0.25) is 0 Å². The molecule has 0 unspecified atom stereocenters. The van der Waals surface area contributed by atoms with Crippen LogP contribution in [0.5, 0.6) is 0 Å². The minimum atomic E-state index is -0.525. The van der Waals surface area contributed by atoms with E-state index in [1.807, 2.05) is 20.8 Å². The number of carbonyl (C=O) groups is 1. The Kier molecular flexibility index (Phi) is 3.97. The summed E-state index contributed by atoms with van der Waals surface area (Å²) in [6.07, 6.45) is 5.28. The lowest BCUT2D eigenvalue weighted by atomic mass is 10.2. The minimum absolute atomic E-state index is 0.161. The molecule has 0 bridgehead atoms. The summed E-state index contributed by atoms with van der Waals surface area (Å²) in [7, 11) is 0. The van der Waals surface area contributed by atoms with Crippen molar-refractivity contribution in [3.63, 3.8) is 0 Å². The van der Waals surface area contributed by atoms with E-state index < -0.39 is 11.7 Å². The first kappa shape index (κ1) is 15.4. The smallest absolute Gasteiger partial charge is 0.434 e. The van der Waals surface area contributed by atoms with Gasteiger partial charge in [0.05, 0.1) is 0 Å². The molecule has 2 heterocycles. The fraction of sp³-hybridized carbons (Fsp3) is 0.533. The molecule has 0 radical (unpaired) electrons. The second kappa shape index (κ2) is 5.94. The number of anilines is 1. The van der Waals surface area contributed by atoms with Crippen LogP contribution in [0.15, 0.2) is 23.5 Å². The molecule has 1 atom stereocenters. The molecule has 2 aromatic heterocycles. The number of nitrogens with zero attached hydrogens (tertiary/aromatic N) is 5. The van der Waals surface area contributed by atoms with Crippen LogP contribution < -0.4 is 5.32 Å². The summed E-state index contributed by atoms with van der Waals surface area (Å²) >= 11 is 0. The van der Waals surface area contributed by atoms with Crippen LogP contribution in [0.1, 0.15) is 40.0 Å². The second-order valence-corrected chi connectivity index (χ2v) is 6.54. The van der Waals surface area contributed by atoms with Crippen LogP contribution in [0, 0.1) is 0 Å². The van der Waals surface area contributed by atoms with Crippen molar-refractivity contribution in [1.29, 1.82) is 0 Å². The Labute approximate surface area is 134 Å². The van der Waals surface area contributed by atoms with Crippen LogP contribution in [0.3, 0.4) is 0 Å². The molecule has 1 aliphatic rings. The Morgan fingerprint density at radius 3 is 3.04 bits per heavy atom. The highest BCUT2D eigenvalue weighted by Crippen LogP contribution is 2.20. The lowest BCUT2D eigenvalue weighted by Gasteiger charge is -2.17. The number of ether oxygens (including phenoxy) is 1. The topological polar surface area (TPSA) is 93.8 Å². The lowest BCUT2D eigenvalue weighted by molar-refractivity contribution is 0.0604. The molecule has 1 N–H and O–H groups in total. The molecular weight excluding hydrogens is 296 g/mol. The molecule has 23 heavy (non-hydrogen) atoms. The summed E-state index contributed by atoms with van der Waals surface area (Å²) in [4.78, 5) is 24.2. The number of hydrogen-bond donors (Lipinski definition) is 1. The van der Waals surface area contributed by atoms with Gasteiger partial charge in [0.25, 0.3) is 5.78 Å². The molecule has 1 amide bonds. The molecule has 8 nitrogen and oxygen atoms in total. The molecule has 1 fully saturated rings. The number of rotatable bonds is 2. The summed E-state index contributed by atoms with van der Waals surface area (Å²) in [5.74, 6) is 1.09. The van der Waals surface area contributed by atoms with Gasteiger partial charge in [-0.05, 0) is 39.7 Å². The normalized spacial score (nSPS) is 20.1. The molecule has 0 spiro atoms. The third kappa shape index (κ3) is 4.02. The highest BCUT2D eigenvalue weighted by atomic mass is 16.6. The predicted octanol–water partition coefficient (Wildman–Crippen LogP) is 2.46. The molecular formula is C15H20N6O2. The van der Waals surface area contributed by atoms with Gasteiger partial charge >= 0.3 is 6.09 Å². The van der Waals surface area contributed by atoms with Crippen LogP contribution >= 0.6 is 0 Å². The Morgan fingerprint density at radius 1 is 1.48 bits per heavy atom. The van der Waals surface area contributed by atoms with Crippen LogP contribution in [0.4, 0.5) is 10.7 Å². The van der Waals surface area contributed by atoms with E-state index in [0.29, 0.717) is 18.1 Å². The van der Waals surface area contributed by atoms with Gasteiger partial charge in [-0.2, -0.15) is 9.98 Å². The molecule has 0 aromatic carbocycles. The average Bonchev–Trinajstić information content (AvgIpc) is 3.02. The SMILES string of the molecule is CC(C)(C)OC(=O)/N=C1\CC[C@H](Nc2nc3ncccn3n2)C1. The number of fused-ring (bicyclic) bond motifs is 1. The van der Waals surface area contributed by atoms with Crippen molar-refractivity contribution in [2.75, 3.05) is 5.32 Å². The van der Waals surface area contributed by atoms with Crippen molar-refractivity contribution in [3.8, 4) is 0 Å². The zero-order valence-electron chi connectivity index (χ0n) is 13.5. The van der Waals surface area contributed by atoms with Gasteiger partial charge in [0, 0.05) is 30.6 Å². The minimum Gasteiger partial charge on any atom is -0.442 e. The van der Waals surface area contributed by atoms with Crippen LogP contribution in [0.25, 0.3) is 5.78 Å². The molecule has 3 rings (SSSR count). The number of nitrogens with one attached hydrogen (secondary N) is 1. The predicted molar refractivity (Wildman–Crippen MR) is 85.7 cm³/mol. The first-order valence-electron chi connectivity index (χ1n) is 7.62. The van der Waals surface area contributed by atoms with E-state index in [1.54, 1.807) is 23.0 Å². The van der Waals surface area contributed by atoms with Gasteiger partial charge in [-0.15, -0.1) is 5.10 Å². The lowest BCUT2D eigenvalue weighted by Crippen LogP contribution is -2.22. The fourth-order valence-corrected chi connectivity index (χ4v) is 2.44. The van der Waals surface area contributed by atoms with E-state index in [9.17, 15) is 4.79 Å².